The molecule has 3 rings (SSSR count). The number of imide groups is 1. The van der Waals surface area contributed by atoms with Crippen molar-refractivity contribution in [3.05, 3.63) is 70.1 Å². The quantitative estimate of drug-likeness (QED) is 0.614. The summed E-state index contributed by atoms with van der Waals surface area (Å²) in [6.07, 6.45) is 1.67. The molecule has 0 bridgehead atoms. The number of rotatable bonds is 3. The minimum Gasteiger partial charge on any atom is -0.295 e. The molecular formula is C19H15NO3S. The third kappa shape index (κ3) is 3.16. The van der Waals surface area contributed by atoms with Crippen LogP contribution >= 0.6 is 11.8 Å². The molecule has 1 saturated heterocycles. The maximum atomic E-state index is 12.6. The van der Waals surface area contributed by atoms with E-state index in [2.05, 4.69) is 0 Å². The Balaban J connectivity index is 1.89. The molecular weight excluding hydrogens is 322 g/mol. The van der Waals surface area contributed by atoms with Gasteiger partial charge >= 0.3 is 0 Å². The first-order valence-corrected chi connectivity index (χ1v) is 8.23. The monoisotopic (exact) mass is 337 g/mol. The Kier molecular flexibility index (Phi) is 4.36. The van der Waals surface area contributed by atoms with Crippen LogP contribution in [0, 0.1) is 6.92 Å². The number of hydrogen-bond acceptors (Lipinski definition) is 4. The van der Waals surface area contributed by atoms with Crippen molar-refractivity contribution in [1.29, 1.82) is 0 Å². The Hall–Kier alpha value is -2.66. The van der Waals surface area contributed by atoms with E-state index in [0.29, 0.717) is 16.2 Å². The molecule has 2 aromatic rings. The molecule has 0 radical (unpaired) electrons. The van der Waals surface area contributed by atoms with E-state index in [9.17, 15) is 14.4 Å². The van der Waals surface area contributed by atoms with Crippen LogP contribution in [0.2, 0.25) is 0 Å². The molecule has 1 heterocycles. The van der Waals surface area contributed by atoms with E-state index < -0.39 is 0 Å². The van der Waals surface area contributed by atoms with Crippen molar-refractivity contribution >= 4 is 40.5 Å². The summed E-state index contributed by atoms with van der Waals surface area (Å²) in [4.78, 5) is 37.7. The lowest BCUT2D eigenvalue weighted by Gasteiger charge is -2.12. The fourth-order valence-corrected chi connectivity index (χ4v) is 3.26. The highest BCUT2D eigenvalue weighted by Crippen LogP contribution is 2.35. The molecule has 5 heteroatoms. The van der Waals surface area contributed by atoms with Crippen molar-refractivity contribution < 1.29 is 14.4 Å². The lowest BCUT2D eigenvalue weighted by atomic mass is 10.1. The smallest absolute Gasteiger partial charge is 0.295 e. The molecule has 0 N–H and O–H groups in total. The van der Waals surface area contributed by atoms with Crippen LogP contribution in [-0.4, -0.2) is 16.9 Å². The summed E-state index contributed by atoms with van der Waals surface area (Å²) in [5.74, 6) is -0.340. The van der Waals surface area contributed by atoms with Crippen LogP contribution in [0.4, 0.5) is 10.5 Å². The van der Waals surface area contributed by atoms with Gasteiger partial charge in [0.1, 0.15) is 0 Å². The molecule has 120 valence electrons. The number of ketones is 1. The Bertz CT molecular complexity index is 868. The van der Waals surface area contributed by atoms with Crippen LogP contribution in [-0.2, 0) is 4.79 Å². The van der Waals surface area contributed by atoms with Gasteiger partial charge in [0.15, 0.2) is 5.78 Å². The summed E-state index contributed by atoms with van der Waals surface area (Å²) in [6, 6.07) is 14.2. The summed E-state index contributed by atoms with van der Waals surface area (Å²) < 4.78 is 0. The molecule has 0 unspecified atom stereocenters. The van der Waals surface area contributed by atoms with Crippen LogP contribution in [0.5, 0.6) is 0 Å². The Morgan fingerprint density at radius 3 is 2.42 bits per heavy atom. The fraction of sp³-hybridized carbons (Fsp3) is 0.105. The molecule has 1 aliphatic heterocycles. The van der Waals surface area contributed by atoms with Crippen LogP contribution in [0.25, 0.3) is 6.08 Å². The Morgan fingerprint density at radius 1 is 1.08 bits per heavy atom. The first-order chi connectivity index (χ1) is 11.5. The van der Waals surface area contributed by atoms with E-state index in [1.807, 2.05) is 19.1 Å². The van der Waals surface area contributed by atoms with Crippen molar-refractivity contribution in [2.45, 2.75) is 13.8 Å². The summed E-state index contributed by atoms with van der Waals surface area (Å²) in [6.45, 7) is 3.41. The molecule has 0 atom stereocenters. The van der Waals surface area contributed by atoms with Gasteiger partial charge in [0, 0.05) is 5.56 Å². The predicted octanol–water partition coefficient (Wildman–Crippen LogP) is 4.44. The topological polar surface area (TPSA) is 54.5 Å². The van der Waals surface area contributed by atoms with E-state index >= 15 is 0 Å². The number of carbonyl (C=O) groups excluding carboxylic acids is 3. The molecule has 0 aliphatic carbocycles. The standard InChI is InChI=1S/C19H15NO3S/c1-12-4-3-5-16(10-12)20-18(22)17(24-19(20)23)11-14-6-8-15(9-7-14)13(2)21/h3-11H,1-2H3/b17-11-. The fourth-order valence-electron chi connectivity index (χ4n) is 2.42. The zero-order chi connectivity index (χ0) is 17.3. The molecule has 1 aliphatic rings. The summed E-state index contributed by atoms with van der Waals surface area (Å²) >= 11 is 0.919. The van der Waals surface area contributed by atoms with Gasteiger partial charge in [-0.25, -0.2) is 4.90 Å². The van der Waals surface area contributed by atoms with Crippen LogP contribution in [0.15, 0.2) is 53.4 Å². The van der Waals surface area contributed by atoms with Crippen molar-refractivity contribution in [3.8, 4) is 0 Å². The molecule has 0 saturated carbocycles. The summed E-state index contributed by atoms with van der Waals surface area (Å²) in [5, 5.41) is -0.308. The number of aryl methyl sites for hydroxylation is 1. The summed E-state index contributed by atoms with van der Waals surface area (Å²) in [5.41, 5.74) is 2.94. The molecule has 4 nitrogen and oxygen atoms in total. The van der Waals surface area contributed by atoms with Crippen molar-refractivity contribution in [3.63, 3.8) is 0 Å². The van der Waals surface area contributed by atoms with E-state index in [1.54, 1.807) is 42.5 Å². The predicted molar refractivity (Wildman–Crippen MR) is 96.1 cm³/mol. The van der Waals surface area contributed by atoms with Gasteiger partial charge in [-0.2, -0.15) is 0 Å². The number of anilines is 1. The number of benzene rings is 2. The lowest BCUT2D eigenvalue weighted by molar-refractivity contribution is -0.113. The van der Waals surface area contributed by atoms with Gasteiger partial charge in [0.2, 0.25) is 0 Å². The average molecular weight is 337 g/mol. The van der Waals surface area contributed by atoms with Crippen molar-refractivity contribution in [2.75, 3.05) is 4.90 Å². The van der Waals surface area contributed by atoms with Gasteiger partial charge in [0.25, 0.3) is 11.1 Å². The second-order valence-electron chi connectivity index (χ2n) is 5.53. The minimum atomic E-state index is -0.328. The number of Topliss-reactive ketones (excluding diaryl/α,β-unsaturated/α-hetero) is 1. The van der Waals surface area contributed by atoms with E-state index in [4.69, 9.17) is 0 Å². The highest BCUT2D eigenvalue weighted by molar-refractivity contribution is 8.19. The SMILES string of the molecule is CC(=O)c1ccc(/C=C2\SC(=O)N(c3cccc(C)c3)C2=O)cc1. The number of thioether (sulfide) groups is 1. The highest BCUT2D eigenvalue weighted by Gasteiger charge is 2.36. The van der Waals surface area contributed by atoms with E-state index in [0.717, 1.165) is 22.9 Å². The maximum absolute atomic E-state index is 12.6. The van der Waals surface area contributed by atoms with Gasteiger partial charge in [0.05, 0.1) is 10.6 Å². The maximum Gasteiger partial charge on any atom is 0.298 e. The first-order valence-electron chi connectivity index (χ1n) is 7.41. The Labute approximate surface area is 144 Å². The number of nitrogens with zero attached hydrogens (tertiary/aromatic N) is 1. The third-order valence-corrected chi connectivity index (χ3v) is 4.54. The van der Waals surface area contributed by atoms with Crippen LogP contribution in [0.3, 0.4) is 0 Å². The zero-order valence-electron chi connectivity index (χ0n) is 13.3. The molecule has 0 aromatic heterocycles. The molecule has 2 aromatic carbocycles. The second kappa shape index (κ2) is 6.45. The van der Waals surface area contributed by atoms with Gasteiger partial charge in [-0.3, -0.25) is 14.4 Å². The first kappa shape index (κ1) is 16.2. The highest BCUT2D eigenvalue weighted by atomic mass is 32.2. The largest absolute Gasteiger partial charge is 0.298 e. The average Bonchev–Trinajstić information content (AvgIpc) is 2.82. The molecule has 2 amide bonds. The van der Waals surface area contributed by atoms with Crippen molar-refractivity contribution in [2.24, 2.45) is 0 Å². The molecule has 24 heavy (non-hydrogen) atoms. The number of hydrogen-bond donors (Lipinski definition) is 0. The van der Waals surface area contributed by atoms with Gasteiger partial charge in [-0.1, -0.05) is 36.4 Å². The third-order valence-electron chi connectivity index (χ3n) is 3.67. The summed E-state index contributed by atoms with van der Waals surface area (Å²) in [7, 11) is 0. The Morgan fingerprint density at radius 2 is 1.79 bits per heavy atom. The second-order valence-corrected chi connectivity index (χ2v) is 6.53. The molecule has 0 spiro atoms. The lowest BCUT2D eigenvalue weighted by Crippen LogP contribution is -2.27. The van der Waals surface area contributed by atoms with Gasteiger partial charge in [-0.15, -0.1) is 0 Å². The van der Waals surface area contributed by atoms with Gasteiger partial charge < -0.3 is 0 Å². The van der Waals surface area contributed by atoms with E-state index in [-0.39, 0.29) is 16.9 Å². The van der Waals surface area contributed by atoms with Crippen molar-refractivity contribution in [1.82, 2.24) is 0 Å². The molecule has 1 fully saturated rings. The number of amides is 2. The van der Waals surface area contributed by atoms with Crippen LogP contribution in [0.1, 0.15) is 28.4 Å². The minimum absolute atomic E-state index is 0.0127. The zero-order valence-corrected chi connectivity index (χ0v) is 14.1. The van der Waals surface area contributed by atoms with Gasteiger partial charge in [-0.05, 0) is 54.9 Å². The van der Waals surface area contributed by atoms with E-state index in [1.165, 1.54) is 11.8 Å². The van der Waals surface area contributed by atoms with Crippen LogP contribution < -0.4 is 4.90 Å². The normalized spacial score (nSPS) is 16.1. The number of carbonyl (C=O) groups is 3.